The number of halogens is 1. The summed E-state index contributed by atoms with van der Waals surface area (Å²) in [5, 5.41) is 5.19. The van der Waals surface area contributed by atoms with Crippen molar-refractivity contribution in [2.24, 2.45) is 0 Å². The fourth-order valence-electron chi connectivity index (χ4n) is 3.24. The van der Waals surface area contributed by atoms with E-state index in [4.69, 9.17) is 22.1 Å². The zero-order valence-electron chi connectivity index (χ0n) is 16.3. The number of amides is 1. The number of aromatic nitrogens is 2. The van der Waals surface area contributed by atoms with Crippen molar-refractivity contribution in [1.82, 2.24) is 14.7 Å². The molecule has 1 aromatic carbocycles. The molecule has 0 spiro atoms. The monoisotopic (exact) mass is 390 g/mol. The van der Waals surface area contributed by atoms with Gasteiger partial charge in [0.2, 0.25) is 0 Å². The summed E-state index contributed by atoms with van der Waals surface area (Å²) in [7, 11) is 0. The highest BCUT2D eigenvalue weighted by molar-refractivity contribution is 6.34. The number of nitrogens with two attached hydrogens (primary N) is 1. The van der Waals surface area contributed by atoms with Crippen LogP contribution in [0.15, 0.2) is 24.5 Å². The van der Waals surface area contributed by atoms with Crippen LogP contribution in [0.5, 0.6) is 0 Å². The highest BCUT2D eigenvalue weighted by atomic mass is 35.5. The largest absolute Gasteiger partial charge is 0.444 e. The van der Waals surface area contributed by atoms with Crippen molar-refractivity contribution < 1.29 is 9.53 Å². The summed E-state index contributed by atoms with van der Waals surface area (Å²) in [6, 6.07) is 4.05. The van der Waals surface area contributed by atoms with Crippen LogP contribution in [0, 0.1) is 6.92 Å². The number of hydrogen-bond acceptors (Lipinski definition) is 4. The molecule has 0 bridgehead atoms. The summed E-state index contributed by atoms with van der Waals surface area (Å²) in [4.78, 5) is 14.0. The molecule has 0 radical (unpaired) electrons. The van der Waals surface area contributed by atoms with E-state index in [1.165, 1.54) is 0 Å². The fraction of sp³-hybridized carbons (Fsp3) is 0.500. The number of carbonyl (C=O) groups excluding carboxylic acids is 1. The molecule has 0 saturated carbocycles. The van der Waals surface area contributed by atoms with Gasteiger partial charge in [0, 0.05) is 36.1 Å². The Morgan fingerprint density at radius 2 is 1.96 bits per heavy atom. The van der Waals surface area contributed by atoms with Crippen LogP contribution in [0.2, 0.25) is 5.02 Å². The lowest BCUT2D eigenvalue weighted by atomic mass is 10.0. The highest BCUT2D eigenvalue weighted by Crippen LogP contribution is 2.34. The molecule has 2 aromatic rings. The second-order valence-electron chi connectivity index (χ2n) is 8.05. The molecule has 27 heavy (non-hydrogen) atoms. The average molecular weight is 391 g/mol. The molecule has 1 aliphatic heterocycles. The lowest BCUT2D eigenvalue weighted by molar-refractivity contribution is 0.0185. The molecule has 3 rings (SSSR count). The summed E-state index contributed by atoms with van der Waals surface area (Å²) in [5.74, 6) is 0. The van der Waals surface area contributed by atoms with Crippen molar-refractivity contribution in [2.45, 2.75) is 52.2 Å². The Bertz CT molecular complexity index is 833. The number of piperidine rings is 1. The number of ether oxygens (including phenoxy) is 1. The van der Waals surface area contributed by atoms with Crippen molar-refractivity contribution in [1.29, 1.82) is 0 Å². The van der Waals surface area contributed by atoms with Gasteiger partial charge in [0.15, 0.2) is 0 Å². The first kappa shape index (κ1) is 19.5. The van der Waals surface area contributed by atoms with E-state index < -0.39 is 5.60 Å². The Labute approximate surface area is 165 Å². The molecule has 2 heterocycles. The van der Waals surface area contributed by atoms with Crippen LogP contribution in [-0.4, -0.2) is 39.5 Å². The number of nitrogen functional groups attached to an aromatic ring is 1. The molecule has 1 aromatic heterocycles. The first-order valence-corrected chi connectivity index (χ1v) is 9.60. The molecule has 146 valence electrons. The Kier molecular flexibility index (Phi) is 5.38. The molecule has 1 aliphatic rings. The van der Waals surface area contributed by atoms with Gasteiger partial charge in [-0.3, -0.25) is 4.68 Å². The van der Waals surface area contributed by atoms with Crippen LogP contribution >= 0.6 is 11.6 Å². The van der Waals surface area contributed by atoms with E-state index in [1.807, 2.05) is 56.9 Å². The maximum Gasteiger partial charge on any atom is 0.410 e. The first-order valence-electron chi connectivity index (χ1n) is 9.23. The van der Waals surface area contributed by atoms with Crippen molar-refractivity contribution in [2.75, 3.05) is 18.8 Å². The lowest BCUT2D eigenvalue weighted by Gasteiger charge is -2.33. The van der Waals surface area contributed by atoms with Crippen LogP contribution in [0.4, 0.5) is 10.5 Å². The number of benzene rings is 1. The Morgan fingerprint density at radius 1 is 1.30 bits per heavy atom. The van der Waals surface area contributed by atoms with Gasteiger partial charge in [-0.1, -0.05) is 17.7 Å². The molecule has 0 unspecified atom stereocenters. The quantitative estimate of drug-likeness (QED) is 0.756. The minimum absolute atomic E-state index is 0.244. The maximum absolute atomic E-state index is 12.2. The summed E-state index contributed by atoms with van der Waals surface area (Å²) in [5.41, 5.74) is 8.92. The molecule has 0 aliphatic carbocycles. The molecular formula is C20H27ClN4O2. The standard InChI is InChI=1S/C20H27ClN4O2/c1-13-17(22)6-5-16(18(13)21)14-11-23-25(12-14)15-7-9-24(10-8-15)19(26)27-20(2,3)4/h5-6,11-12,15H,7-10,22H2,1-4H3. The second-order valence-corrected chi connectivity index (χ2v) is 8.43. The van der Waals surface area contributed by atoms with E-state index in [9.17, 15) is 4.79 Å². The van der Waals surface area contributed by atoms with Gasteiger partial charge in [-0.25, -0.2) is 4.79 Å². The van der Waals surface area contributed by atoms with E-state index in [0.29, 0.717) is 23.8 Å². The minimum atomic E-state index is -0.471. The molecule has 7 heteroatoms. The molecule has 6 nitrogen and oxygen atoms in total. The topological polar surface area (TPSA) is 73.4 Å². The van der Waals surface area contributed by atoms with Crippen LogP contribution in [0.25, 0.3) is 11.1 Å². The smallest absolute Gasteiger partial charge is 0.410 e. The van der Waals surface area contributed by atoms with Crippen LogP contribution in [0.1, 0.15) is 45.2 Å². The maximum atomic E-state index is 12.2. The third kappa shape index (κ3) is 4.38. The predicted molar refractivity (Wildman–Crippen MR) is 108 cm³/mol. The van der Waals surface area contributed by atoms with Gasteiger partial charge in [-0.15, -0.1) is 0 Å². The van der Waals surface area contributed by atoms with Gasteiger partial charge >= 0.3 is 6.09 Å². The van der Waals surface area contributed by atoms with Crippen molar-refractivity contribution in [3.8, 4) is 11.1 Å². The van der Waals surface area contributed by atoms with Crippen LogP contribution < -0.4 is 5.73 Å². The number of rotatable bonds is 2. The van der Waals surface area contributed by atoms with Crippen LogP contribution in [-0.2, 0) is 4.74 Å². The van der Waals surface area contributed by atoms with Crippen molar-refractivity contribution in [3.63, 3.8) is 0 Å². The van der Waals surface area contributed by atoms with E-state index in [1.54, 1.807) is 4.90 Å². The molecule has 1 amide bonds. The van der Waals surface area contributed by atoms with E-state index in [-0.39, 0.29) is 12.1 Å². The van der Waals surface area contributed by atoms with Gasteiger partial charge in [0.1, 0.15) is 5.60 Å². The number of anilines is 1. The summed E-state index contributed by atoms with van der Waals surface area (Å²) >= 11 is 6.46. The number of likely N-dealkylation sites (tertiary alicyclic amines) is 1. The zero-order chi connectivity index (χ0) is 19.8. The molecular weight excluding hydrogens is 364 g/mol. The molecule has 1 saturated heterocycles. The van der Waals surface area contributed by atoms with Gasteiger partial charge in [0.25, 0.3) is 0 Å². The summed E-state index contributed by atoms with van der Waals surface area (Å²) in [6.45, 7) is 8.89. The van der Waals surface area contributed by atoms with E-state index >= 15 is 0 Å². The third-order valence-corrected chi connectivity index (χ3v) is 5.32. The van der Waals surface area contributed by atoms with Crippen LogP contribution in [0.3, 0.4) is 0 Å². The minimum Gasteiger partial charge on any atom is -0.444 e. The number of carbonyl (C=O) groups is 1. The molecule has 0 atom stereocenters. The lowest BCUT2D eigenvalue weighted by Crippen LogP contribution is -2.42. The second kappa shape index (κ2) is 7.43. The molecule has 1 fully saturated rings. The number of hydrogen-bond donors (Lipinski definition) is 1. The predicted octanol–water partition coefficient (Wildman–Crippen LogP) is 4.67. The normalized spacial score (nSPS) is 15.8. The van der Waals surface area contributed by atoms with Crippen molar-refractivity contribution >= 4 is 23.4 Å². The van der Waals surface area contributed by atoms with Gasteiger partial charge in [-0.05, 0) is 52.2 Å². The fourth-order valence-corrected chi connectivity index (χ4v) is 3.52. The Morgan fingerprint density at radius 3 is 2.59 bits per heavy atom. The summed E-state index contributed by atoms with van der Waals surface area (Å²) < 4.78 is 7.43. The zero-order valence-corrected chi connectivity index (χ0v) is 17.1. The highest BCUT2D eigenvalue weighted by Gasteiger charge is 2.28. The number of nitrogens with zero attached hydrogens (tertiary/aromatic N) is 3. The first-order chi connectivity index (χ1) is 12.7. The Hall–Kier alpha value is -2.21. The van der Waals surface area contributed by atoms with E-state index in [2.05, 4.69) is 5.10 Å². The van der Waals surface area contributed by atoms with E-state index in [0.717, 1.165) is 29.5 Å². The average Bonchev–Trinajstić information content (AvgIpc) is 3.08. The third-order valence-electron chi connectivity index (χ3n) is 4.83. The SMILES string of the molecule is Cc1c(N)ccc(-c2cnn(C3CCN(C(=O)OC(C)(C)C)CC3)c2)c1Cl. The van der Waals surface area contributed by atoms with Gasteiger partial charge in [-0.2, -0.15) is 5.10 Å². The summed E-state index contributed by atoms with van der Waals surface area (Å²) in [6.07, 6.45) is 5.29. The van der Waals surface area contributed by atoms with Gasteiger partial charge in [0.05, 0.1) is 17.3 Å². The van der Waals surface area contributed by atoms with Gasteiger partial charge < -0.3 is 15.4 Å². The Balaban J connectivity index is 1.67. The molecule has 2 N–H and O–H groups in total. The van der Waals surface area contributed by atoms with Crippen molar-refractivity contribution in [3.05, 3.63) is 35.1 Å².